The lowest BCUT2D eigenvalue weighted by Gasteiger charge is -2.39. The van der Waals surface area contributed by atoms with Crippen LogP contribution in [0.15, 0.2) is 23.4 Å². The number of morpholine rings is 1. The molecule has 2 aliphatic heterocycles. The van der Waals surface area contributed by atoms with E-state index in [1.165, 1.54) is 4.31 Å². The standard InChI is InChI=1S/C17H27N3O4S/c1-13-10-19(11-14(2)24-13)17(21)15-4-8-20(9-5-15)25(22,23)16-6-7-18(3)12-16/h6-7,12-15H,4-5,8-11H2,1-3H3/t13-,14+. The molecule has 7 nitrogen and oxygen atoms in total. The van der Waals surface area contributed by atoms with E-state index in [1.807, 2.05) is 18.7 Å². The number of carbonyl (C=O) groups is 1. The van der Waals surface area contributed by atoms with E-state index in [4.69, 9.17) is 4.74 Å². The van der Waals surface area contributed by atoms with Crippen LogP contribution in [0.5, 0.6) is 0 Å². The molecule has 0 aromatic carbocycles. The molecule has 1 aromatic rings. The molecule has 0 N–H and O–H groups in total. The molecule has 2 atom stereocenters. The summed E-state index contributed by atoms with van der Waals surface area (Å²) < 4.78 is 34.2. The summed E-state index contributed by atoms with van der Waals surface area (Å²) in [7, 11) is -1.67. The van der Waals surface area contributed by atoms with E-state index in [9.17, 15) is 13.2 Å². The second-order valence-corrected chi connectivity index (χ2v) is 9.13. The predicted molar refractivity (Wildman–Crippen MR) is 93.5 cm³/mol. The van der Waals surface area contributed by atoms with Gasteiger partial charge in [0, 0.05) is 51.5 Å². The molecular weight excluding hydrogens is 342 g/mol. The number of rotatable bonds is 3. The minimum atomic E-state index is -3.47. The van der Waals surface area contributed by atoms with Crippen LogP contribution in [0.2, 0.25) is 0 Å². The van der Waals surface area contributed by atoms with Crippen molar-refractivity contribution in [2.75, 3.05) is 26.2 Å². The van der Waals surface area contributed by atoms with Crippen molar-refractivity contribution in [1.29, 1.82) is 0 Å². The topological polar surface area (TPSA) is 71.9 Å². The molecular formula is C17H27N3O4S. The summed E-state index contributed by atoms with van der Waals surface area (Å²) in [6, 6.07) is 1.61. The molecule has 0 saturated carbocycles. The molecule has 1 amide bonds. The van der Waals surface area contributed by atoms with Gasteiger partial charge in [-0.3, -0.25) is 4.79 Å². The maximum absolute atomic E-state index is 12.8. The number of piperidine rings is 1. The fraction of sp³-hybridized carbons (Fsp3) is 0.706. The number of hydrogen-bond donors (Lipinski definition) is 0. The average Bonchev–Trinajstić information content (AvgIpc) is 3.01. The minimum Gasteiger partial charge on any atom is -0.372 e. The Labute approximate surface area is 149 Å². The fourth-order valence-corrected chi connectivity index (χ4v) is 5.26. The first-order valence-corrected chi connectivity index (χ1v) is 10.3. The van der Waals surface area contributed by atoms with Crippen molar-refractivity contribution in [3.63, 3.8) is 0 Å². The van der Waals surface area contributed by atoms with Crippen molar-refractivity contribution in [3.05, 3.63) is 18.5 Å². The molecule has 0 radical (unpaired) electrons. The minimum absolute atomic E-state index is 0.0475. The summed E-state index contributed by atoms with van der Waals surface area (Å²) in [6.07, 6.45) is 4.58. The Morgan fingerprint density at radius 2 is 1.76 bits per heavy atom. The summed E-state index contributed by atoms with van der Waals surface area (Å²) in [5.74, 6) is 0.0403. The molecule has 0 bridgehead atoms. The lowest BCUT2D eigenvalue weighted by molar-refractivity contribution is -0.148. The van der Waals surface area contributed by atoms with Crippen LogP contribution in [-0.2, 0) is 26.6 Å². The number of aromatic nitrogens is 1. The molecule has 3 rings (SSSR count). The summed E-state index contributed by atoms with van der Waals surface area (Å²) in [6.45, 7) is 5.97. The summed E-state index contributed by atoms with van der Waals surface area (Å²) >= 11 is 0. The molecule has 25 heavy (non-hydrogen) atoms. The number of aryl methyl sites for hydroxylation is 1. The second-order valence-electron chi connectivity index (χ2n) is 7.19. The van der Waals surface area contributed by atoms with Gasteiger partial charge in [-0.15, -0.1) is 0 Å². The quantitative estimate of drug-likeness (QED) is 0.799. The molecule has 0 aliphatic carbocycles. The molecule has 8 heteroatoms. The van der Waals surface area contributed by atoms with Crippen molar-refractivity contribution in [1.82, 2.24) is 13.8 Å². The number of hydrogen-bond acceptors (Lipinski definition) is 4. The SMILES string of the molecule is C[C@@H]1CN(C(=O)C2CCN(S(=O)(=O)c3ccn(C)c3)CC2)C[C@H](C)O1. The van der Waals surface area contributed by atoms with Gasteiger partial charge in [0.05, 0.1) is 17.1 Å². The molecule has 3 heterocycles. The summed E-state index contributed by atoms with van der Waals surface area (Å²) in [4.78, 5) is 15.0. The van der Waals surface area contributed by atoms with Crippen molar-refractivity contribution in [2.24, 2.45) is 13.0 Å². The van der Waals surface area contributed by atoms with Gasteiger partial charge in [-0.1, -0.05) is 0 Å². The van der Waals surface area contributed by atoms with Crippen molar-refractivity contribution in [2.45, 2.75) is 43.8 Å². The van der Waals surface area contributed by atoms with Crippen LogP contribution < -0.4 is 0 Å². The van der Waals surface area contributed by atoms with Gasteiger partial charge in [0.2, 0.25) is 15.9 Å². The highest BCUT2D eigenvalue weighted by molar-refractivity contribution is 7.89. The maximum atomic E-state index is 12.8. The molecule has 0 unspecified atom stereocenters. The number of carbonyl (C=O) groups excluding carboxylic acids is 1. The molecule has 1 aromatic heterocycles. The molecule has 140 valence electrons. The van der Waals surface area contributed by atoms with E-state index < -0.39 is 10.0 Å². The summed E-state index contributed by atoms with van der Waals surface area (Å²) in [5, 5.41) is 0. The zero-order valence-corrected chi connectivity index (χ0v) is 15.9. The fourth-order valence-electron chi connectivity index (χ4n) is 3.74. The third-order valence-electron chi connectivity index (χ3n) is 4.98. The Balaban J connectivity index is 1.61. The first-order valence-electron chi connectivity index (χ1n) is 8.83. The van der Waals surface area contributed by atoms with E-state index in [0.717, 1.165) is 0 Å². The van der Waals surface area contributed by atoms with Gasteiger partial charge >= 0.3 is 0 Å². The third kappa shape index (κ3) is 3.91. The van der Waals surface area contributed by atoms with Gasteiger partial charge < -0.3 is 14.2 Å². The predicted octanol–water partition coefficient (Wildman–Crippen LogP) is 1.06. The highest BCUT2D eigenvalue weighted by Gasteiger charge is 2.35. The van der Waals surface area contributed by atoms with E-state index in [1.54, 1.807) is 30.1 Å². The van der Waals surface area contributed by atoms with Crippen molar-refractivity contribution in [3.8, 4) is 0 Å². The van der Waals surface area contributed by atoms with Crippen LogP contribution in [0.25, 0.3) is 0 Å². The van der Waals surface area contributed by atoms with Gasteiger partial charge in [0.15, 0.2) is 0 Å². The average molecular weight is 369 g/mol. The van der Waals surface area contributed by atoms with Gasteiger partial charge in [-0.25, -0.2) is 8.42 Å². The first-order chi connectivity index (χ1) is 11.8. The number of amides is 1. The Bertz CT molecular complexity index is 712. The lowest BCUT2D eigenvalue weighted by Crippen LogP contribution is -2.51. The normalized spacial score (nSPS) is 26.8. The molecule has 2 saturated heterocycles. The van der Waals surface area contributed by atoms with E-state index in [2.05, 4.69) is 0 Å². The lowest BCUT2D eigenvalue weighted by atomic mass is 9.96. The van der Waals surface area contributed by atoms with Gasteiger partial charge in [0.1, 0.15) is 0 Å². The maximum Gasteiger partial charge on any atom is 0.244 e. The van der Waals surface area contributed by atoms with Gasteiger partial charge in [-0.2, -0.15) is 4.31 Å². The molecule has 0 spiro atoms. The van der Waals surface area contributed by atoms with Gasteiger partial charge in [0.25, 0.3) is 0 Å². The summed E-state index contributed by atoms with van der Waals surface area (Å²) in [5.41, 5.74) is 0. The van der Waals surface area contributed by atoms with E-state index in [-0.39, 0.29) is 24.0 Å². The third-order valence-corrected chi connectivity index (χ3v) is 6.86. The Morgan fingerprint density at radius 1 is 1.16 bits per heavy atom. The first kappa shape index (κ1) is 18.4. The zero-order chi connectivity index (χ0) is 18.2. The largest absolute Gasteiger partial charge is 0.372 e. The van der Waals surface area contributed by atoms with Crippen LogP contribution in [0.3, 0.4) is 0 Å². The highest BCUT2D eigenvalue weighted by atomic mass is 32.2. The van der Waals surface area contributed by atoms with Gasteiger partial charge in [-0.05, 0) is 32.8 Å². The highest BCUT2D eigenvalue weighted by Crippen LogP contribution is 2.26. The Morgan fingerprint density at radius 3 is 2.28 bits per heavy atom. The zero-order valence-electron chi connectivity index (χ0n) is 15.1. The molecule has 2 aliphatic rings. The van der Waals surface area contributed by atoms with Crippen LogP contribution >= 0.6 is 0 Å². The van der Waals surface area contributed by atoms with Crippen molar-refractivity contribution < 1.29 is 17.9 Å². The Kier molecular flexibility index (Phi) is 5.22. The smallest absolute Gasteiger partial charge is 0.244 e. The van der Waals surface area contributed by atoms with Crippen LogP contribution in [0.4, 0.5) is 0 Å². The van der Waals surface area contributed by atoms with E-state index >= 15 is 0 Å². The number of sulfonamides is 1. The van der Waals surface area contributed by atoms with Crippen molar-refractivity contribution >= 4 is 15.9 Å². The number of ether oxygens (including phenoxy) is 1. The van der Waals surface area contributed by atoms with Crippen LogP contribution in [-0.4, -0.2) is 66.5 Å². The monoisotopic (exact) mass is 369 g/mol. The van der Waals surface area contributed by atoms with Crippen LogP contribution in [0, 0.1) is 5.92 Å². The van der Waals surface area contributed by atoms with E-state index in [0.29, 0.717) is 43.9 Å². The Hall–Kier alpha value is -1.38. The molecule has 2 fully saturated rings. The number of nitrogens with zero attached hydrogens (tertiary/aromatic N) is 3. The second kappa shape index (κ2) is 7.09. The van der Waals surface area contributed by atoms with Crippen LogP contribution in [0.1, 0.15) is 26.7 Å².